The van der Waals surface area contributed by atoms with Gasteiger partial charge in [-0.05, 0) is 31.4 Å². The molecule has 0 spiro atoms. The number of halogens is 3. The van der Waals surface area contributed by atoms with Crippen LogP contribution in [-0.2, 0) is 0 Å². The van der Waals surface area contributed by atoms with Crippen molar-refractivity contribution in [3.63, 3.8) is 0 Å². The van der Waals surface area contributed by atoms with Crippen LogP contribution < -0.4 is 15.5 Å². The minimum absolute atomic E-state index is 0.0579. The lowest BCUT2D eigenvalue weighted by Crippen LogP contribution is -2.45. The largest absolute Gasteiger partial charge is 0.339 e. The van der Waals surface area contributed by atoms with Gasteiger partial charge < -0.3 is 25.0 Å². The Morgan fingerprint density at radius 1 is 1.16 bits per heavy atom. The maximum atomic E-state index is 14.4. The van der Waals surface area contributed by atoms with E-state index in [0.29, 0.717) is 56.1 Å². The van der Waals surface area contributed by atoms with Crippen molar-refractivity contribution in [3.8, 4) is 0 Å². The fourth-order valence-electron chi connectivity index (χ4n) is 5.12. The molecule has 4 heterocycles. The zero-order valence-corrected chi connectivity index (χ0v) is 21.1. The summed E-state index contributed by atoms with van der Waals surface area (Å²) in [6, 6.07) is 4.75. The van der Waals surface area contributed by atoms with Gasteiger partial charge in [0.15, 0.2) is 0 Å². The van der Waals surface area contributed by atoms with Gasteiger partial charge in [-0.15, -0.1) is 0 Å². The molecule has 1 unspecified atom stereocenters. The zero-order chi connectivity index (χ0) is 27.0. The Balaban J connectivity index is 1.18. The van der Waals surface area contributed by atoms with Gasteiger partial charge in [-0.1, -0.05) is 22.9 Å². The standard InChI is InChI=1S/C25H29F3N8O2/c1-14-3-4-19(26)17(9-14)18-12-36(13-20(18)29)24-30-10-15(11-31-24)23(37)34(2)16-5-7-35(8-6-16)25-32-22(21(27)28)33-38-25/h3-4,9-11,16,18,20-21H,5-8,12-13,29H2,1-2H3/t18?,20-/m0/s1. The molecule has 1 aromatic carbocycles. The van der Waals surface area contributed by atoms with E-state index in [9.17, 15) is 18.0 Å². The van der Waals surface area contributed by atoms with Crippen molar-refractivity contribution in [2.75, 3.05) is 43.0 Å². The lowest BCUT2D eigenvalue weighted by molar-refractivity contribution is 0.0707. The van der Waals surface area contributed by atoms with Crippen LogP contribution in [0.15, 0.2) is 35.1 Å². The summed E-state index contributed by atoms with van der Waals surface area (Å²) in [5.74, 6) is -0.877. The van der Waals surface area contributed by atoms with E-state index in [4.69, 9.17) is 10.3 Å². The van der Waals surface area contributed by atoms with Gasteiger partial charge in [0.2, 0.25) is 11.8 Å². The minimum atomic E-state index is -2.79. The summed E-state index contributed by atoms with van der Waals surface area (Å²) in [6.07, 6.45) is 1.41. The van der Waals surface area contributed by atoms with Gasteiger partial charge in [-0.25, -0.2) is 23.1 Å². The number of carbonyl (C=O) groups excluding carboxylic acids is 1. The number of rotatable bonds is 6. The van der Waals surface area contributed by atoms with Gasteiger partial charge >= 0.3 is 12.4 Å². The van der Waals surface area contributed by atoms with Gasteiger partial charge in [-0.2, -0.15) is 4.98 Å². The van der Waals surface area contributed by atoms with E-state index in [-0.39, 0.29) is 35.7 Å². The van der Waals surface area contributed by atoms with Gasteiger partial charge in [0, 0.05) is 63.6 Å². The molecule has 0 saturated carbocycles. The Bertz CT molecular complexity index is 1280. The summed E-state index contributed by atoms with van der Waals surface area (Å²) >= 11 is 0. The van der Waals surface area contributed by atoms with Crippen LogP contribution in [0.4, 0.5) is 25.1 Å². The molecule has 202 valence electrons. The number of piperidine rings is 1. The van der Waals surface area contributed by atoms with Gasteiger partial charge in [0.25, 0.3) is 5.91 Å². The van der Waals surface area contributed by atoms with Crippen LogP contribution in [0.1, 0.15) is 52.5 Å². The first-order valence-corrected chi connectivity index (χ1v) is 12.4. The summed E-state index contributed by atoms with van der Waals surface area (Å²) in [4.78, 5) is 30.9. The van der Waals surface area contributed by atoms with Crippen LogP contribution in [-0.4, -0.2) is 76.2 Å². The topological polar surface area (TPSA) is 118 Å². The summed E-state index contributed by atoms with van der Waals surface area (Å²) in [7, 11) is 1.72. The highest BCUT2D eigenvalue weighted by atomic mass is 19.3. The molecule has 2 aromatic heterocycles. The van der Waals surface area contributed by atoms with Crippen LogP contribution in [0.2, 0.25) is 0 Å². The second kappa shape index (κ2) is 10.6. The smallest absolute Gasteiger partial charge is 0.324 e. The number of benzene rings is 1. The Morgan fingerprint density at radius 2 is 1.87 bits per heavy atom. The van der Waals surface area contributed by atoms with Crippen molar-refractivity contribution in [2.24, 2.45) is 5.73 Å². The maximum Gasteiger partial charge on any atom is 0.324 e. The van der Waals surface area contributed by atoms with Crippen molar-refractivity contribution in [1.82, 2.24) is 25.0 Å². The molecule has 0 bridgehead atoms. The summed E-state index contributed by atoms with van der Waals surface area (Å²) in [6.45, 7) is 3.84. The Kier molecular flexibility index (Phi) is 7.19. The fourth-order valence-corrected chi connectivity index (χ4v) is 5.12. The second-order valence-corrected chi connectivity index (χ2v) is 9.84. The SMILES string of the molecule is Cc1ccc(F)c(C2CN(c3ncc(C(=O)N(C)C4CCN(c5nc(C(F)F)no5)CC4)cn3)C[C@@H]2N)c1. The number of aromatic nitrogens is 4. The van der Waals surface area contributed by atoms with Crippen molar-refractivity contribution in [3.05, 3.63) is 58.9 Å². The number of aryl methyl sites for hydroxylation is 1. The predicted octanol–water partition coefficient (Wildman–Crippen LogP) is 2.92. The highest BCUT2D eigenvalue weighted by Crippen LogP contribution is 2.31. The molecule has 0 aliphatic carbocycles. The van der Waals surface area contributed by atoms with Crippen LogP contribution in [0.3, 0.4) is 0 Å². The number of alkyl halides is 2. The zero-order valence-electron chi connectivity index (χ0n) is 21.1. The molecular weight excluding hydrogens is 501 g/mol. The lowest BCUT2D eigenvalue weighted by Gasteiger charge is -2.35. The third-order valence-electron chi connectivity index (χ3n) is 7.31. The van der Waals surface area contributed by atoms with Crippen LogP contribution in [0.25, 0.3) is 0 Å². The summed E-state index contributed by atoms with van der Waals surface area (Å²) in [5.41, 5.74) is 8.25. The number of hydrogen-bond acceptors (Lipinski definition) is 9. The van der Waals surface area contributed by atoms with E-state index in [1.165, 1.54) is 18.5 Å². The number of nitrogens with zero attached hydrogens (tertiary/aromatic N) is 7. The minimum Gasteiger partial charge on any atom is -0.339 e. The molecule has 13 heteroatoms. The van der Waals surface area contributed by atoms with E-state index >= 15 is 0 Å². The quantitative estimate of drug-likeness (QED) is 0.513. The molecule has 38 heavy (non-hydrogen) atoms. The number of anilines is 2. The van der Waals surface area contributed by atoms with E-state index in [1.807, 2.05) is 17.9 Å². The number of carbonyl (C=O) groups is 1. The van der Waals surface area contributed by atoms with Crippen molar-refractivity contribution >= 4 is 17.9 Å². The molecule has 2 aliphatic heterocycles. The Labute approximate surface area is 217 Å². The lowest BCUT2D eigenvalue weighted by atomic mass is 9.93. The number of nitrogens with two attached hydrogens (primary N) is 1. The van der Waals surface area contributed by atoms with Crippen molar-refractivity contribution < 1.29 is 22.5 Å². The van der Waals surface area contributed by atoms with E-state index < -0.39 is 12.2 Å². The first-order chi connectivity index (χ1) is 18.2. The highest BCUT2D eigenvalue weighted by Gasteiger charge is 2.35. The van der Waals surface area contributed by atoms with E-state index in [0.717, 1.165) is 5.56 Å². The Hall–Kier alpha value is -3.74. The average molecular weight is 531 g/mol. The molecule has 5 rings (SSSR count). The molecule has 2 N–H and O–H groups in total. The third kappa shape index (κ3) is 5.15. The average Bonchev–Trinajstić information content (AvgIpc) is 3.57. The predicted molar refractivity (Wildman–Crippen MR) is 133 cm³/mol. The maximum absolute atomic E-state index is 14.4. The van der Waals surface area contributed by atoms with Crippen LogP contribution in [0.5, 0.6) is 0 Å². The van der Waals surface area contributed by atoms with Gasteiger partial charge in [-0.3, -0.25) is 4.79 Å². The van der Waals surface area contributed by atoms with Crippen molar-refractivity contribution in [2.45, 2.75) is 44.2 Å². The summed E-state index contributed by atoms with van der Waals surface area (Å²) < 4.78 is 44.8. The van der Waals surface area contributed by atoms with Crippen molar-refractivity contribution in [1.29, 1.82) is 0 Å². The van der Waals surface area contributed by atoms with E-state index in [1.54, 1.807) is 22.9 Å². The molecule has 0 radical (unpaired) electrons. The van der Waals surface area contributed by atoms with Crippen LogP contribution in [0, 0.1) is 12.7 Å². The molecule has 2 atom stereocenters. The molecule has 1 amide bonds. The Morgan fingerprint density at radius 3 is 2.53 bits per heavy atom. The normalized spacial score (nSPS) is 20.4. The van der Waals surface area contributed by atoms with Gasteiger partial charge in [0.1, 0.15) is 5.82 Å². The monoisotopic (exact) mass is 530 g/mol. The number of hydrogen-bond donors (Lipinski definition) is 1. The van der Waals surface area contributed by atoms with E-state index in [2.05, 4.69) is 20.1 Å². The van der Waals surface area contributed by atoms with Gasteiger partial charge in [0.05, 0.1) is 5.56 Å². The number of amides is 1. The molecule has 2 saturated heterocycles. The highest BCUT2D eigenvalue weighted by molar-refractivity contribution is 5.93. The third-order valence-corrected chi connectivity index (χ3v) is 7.31. The van der Waals surface area contributed by atoms with Crippen LogP contribution >= 0.6 is 0 Å². The second-order valence-electron chi connectivity index (χ2n) is 9.84. The molecule has 2 aliphatic rings. The molecule has 10 nitrogen and oxygen atoms in total. The molecular formula is C25H29F3N8O2. The molecule has 3 aromatic rings. The molecule has 2 fully saturated rings. The first kappa shape index (κ1) is 25.9. The summed E-state index contributed by atoms with van der Waals surface area (Å²) in [5, 5.41) is 3.30. The first-order valence-electron chi connectivity index (χ1n) is 12.4. The fraction of sp³-hybridized carbons (Fsp3) is 0.480.